The van der Waals surface area contributed by atoms with E-state index in [4.69, 9.17) is 0 Å². The van der Waals surface area contributed by atoms with Gasteiger partial charge in [-0.25, -0.2) is 4.79 Å². The van der Waals surface area contributed by atoms with Crippen LogP contribution in [0.5, 0.6) is 0 Å². The smallest absolute Gasteiger partial charge is 0.317 e. The van der Waals surface area contributed by atoms with Crippen LogP contribution >= 0.6 is 15.9 Å². The normalized spacial score (nSPS) is 20.4. The fraction of sp³-hybridized carbons (Fsp3) is 0.533. The van der Waals surface area contributed by atoms with Crippen molar-refractivity contribution in [1.82, 2.24) is 10.2 Å². The summed E-state index contributed by atoms with van der Waals surface area (Å²) >= 11 is 3.47. The Morgan fingerprint density at radius 1 is 1.11 bits per heavy atom. The summed E-state index contributed by atoms with van der Waals surface area (Å²) in [6.45, 7) is 1.75. The molecule has 0 spiro atoms. The van der Waals surface area contributed by atoms with Crippen molar-refractivity contribution in [3.8, 4) is 0 Å². The molecule has 0 aromatic heterocycles. The number of nitrogens with zero attached hydrogens (tertiary/aromatic N) is 1. The van der Waals surface area contributed by atoms with Gasteiger partial charge < -0.3 is 10.2 Å². The minimum atomic E-state index is 0.136. The molecule has 102 valence electrons. The number of carbonyl (C=O) groups excluding carboxylic acids is 1. The summed E-state index contributed by atoms with van der Waals surface area (Å²) in [5.41, 5.74) is 1.39. The van der Waals surface area contributed by atoms with Crippen molar-refractivity contribution in [2.24, 2.45) is 0 Å². The molecule has 3 rings (SSSR count). The molecule has 3 nitrogen and oxygen atoms in total. The monoisotopic (exact) mass is 322 g/mol. The number of rotatable bonds is 2. The Labute approximate surface area is 122 Å². The average Bonchev–Trinajstić information content (AvgIpc) is 3.24. The third kappa shape index (κ3) is 3.30. The lowest BCUT2D eigenvalue weighted by Gasteiger charge is -2.32. The van der Waals surface area contributed by atoms with E-state index >= 15 is 0 Å². The number of piperidine rings is 1. The highest BCUT2D eigenvalue weighted by atomic mass is 79.9. The van der Waals surface area contributed by atoms with E-state index in [9.17, 15) is 4.79 Å². The van der Waals surface area contributed by atoms with Crippen LogP contribution in [0.4, 0.5) is 4.79 Å². The van der Waals surface area contributed by atoms with Gasteiger partial charge in [0.2, 0.25) is 0 Å². The highest BCUT2D eigenvalue weighted by Gasteiger charge is 2.28. The molecule has 1 saturated carbocycles. The summed E-state index contributed by atoms with van der Waals surface area (Å²) in [6.07, 6.45) is 4.45. The molecule has 19 heavy (non-hydrogen) atoms. The van der Waals surface area contributed by atoms with Crippen molar-refractivity contribution in [3.05, 3.63) is 34.3 Å². The number of amides is 2. The zero-order chi connectivity index (χ0) is 13.2. The quantitative estimate of drug-likeness (QED) is 0.888. The first kappa shape index (κ1) is 13.0. The van der Waals surface area contributed by atoms with Gasteiger partial charge in [-0.05, 0) is 49.3 Å². The first-order valence-electron chi connectivity index (χ1n) is 7.03. The second-order valence-corrected chi connectivity index (χ2v) is 6.45. The number of halogens is 1. The van der Waals surface area contributed by atoms with E-state index in [2.05, 4.69) is 45.5 Å². The maximum absolute atomic E-state index is 11.9. The lowest BCUT2D eigenvalue weighted by atomic mass is 9.90. The molecular formula is C15H19BrN2O. The number of hydrogen-bond acceptors (Lipinski definition) is 1. The third-order valence-electron chi connectivity index (χ3n) is 4.03. The summed E-state index contributed by atoms with van der Waals surface area (Å²) in [5, 5.41) is 3.07. The van der Waals surface area contributed by atoms with Crippen LogP contribution < -0.4 is 5.32 Å². The molecule has 1 heterocycles. The predicted molar refractivity (Wildman–Crippen MR) is 79.2 cm³/mol. The molecule has 2 aliphatic rings. The molecule has 2 amide bonds. The molecule has 1 aromatic rings. The number of hydrogen-bond donors (Lipinski definition) is 1. The van der Waals surface area contributed by atoms with Crippen LogP contribution in [0.15, 0.2) is 28.7 Å². The van der Waals surface area contributed by atoms with E-state index in [1.165, 1.54) is 5.56 Å². The molecule has 0 radical (unpaired) electrons. The minimum absolute atomic E-state index is 0.136. The number of nitrogens with one attached hydrogen (secondary N) is 1. The van der Waals surface area contributed by atoms with Gasteiger partial charge >= 0.3 is 6.03 Å². The molecule has 4 heteroatoms. The largest absolute Gasteiger partial charge is 0.335 e. The predicted octanol–water partition coefficient (Wildman–Crippen LogP) is 3.50. The molecule has 1 aliphatic heterocycles. The van der Waals surface area contributed by atoms with Gasteiger partial charge in [-0.1, -0.05) is 28.1 Å². The van der Waals surface area contributed by atoms with Crippen molar-refractivity contribution >= 4 is 22.0 Å². The van der Waals surface area contributed by atoms with Gasteiger partial charge in [0.25, 0.3) is 0 Å². The van der Waals surface area contributed by atoms with Gasteiger partial charge in [0.1, 0.15) is 0 Å². The zero-order valence-corrected chi connectivity index (χ0v) is 12.5. The second kappa shape index (κ2) is 5.53. The van der Waals surface area contributed by atoms with Gasteiger partial charge in [0, 0.05) is 23.6 Å². The van der Waals surface area contributed by atoms with Gasteiger partial charge in [-0.2, -0.15) is 0 Å². The van der Waals surface area contributed by atoms with Crippen molar-refractivity contribution in [2.75, 3.05) is 13.1 Å². The number of carbonyl (C=O) groups is 1. The number of benzene rings is 1. The number of urea groups is 1. The third-order valence-corrected chi connectivity index (χ3v) is 4.56. The minimum Gasteiger partial charge on any atom is -0.335 e. The van der Waals surface area contributed by atoms with Crippen LogP contribution in [0.3, 0.4) is 0 Å². The topological polar surface area (TPSA) is 32.3 Å². The molecule has 1 aliphatic carbocycles. The summed E-state index contributed by atoms with van der Waals surface area (Å²) in [4.78, 5) is 13.9. The van der Waals surface area contributed by atoms with Crippen LogP contribution in [0.1, 0.15) is 37.2 Å². The lowest BCUT2D eigenvalue weighted by Crippen LogP contribution is -2.44. The van der Waals surface area contributed by atoms with Crippen molar-refractivity contribution in [2.45, 2.75) is 37.6 Å². The van der Waals surface area contributed by atoms with Crippen molar-refractivity contribution in [3.63, 3.8) is 0 Å². The van der Waals surface area contributed by atoms with E-state index in [-0.39, 0.29) is 6.03 Å². The first-order valence-corrected chi connectivity index (χ1v) is 7.82. The standard InChI is InChI=1S/C15H19BrN2O/c16-13-3-1-11(2-4-13)12-7-9-18(10-8-12)15(19)17-14-5-6-14/h1-4,12,14H,5-10H2,(H,17,19). The van der Waals surface area contributed by atoms with E-state index < -0.39 is 0 Å². The fourth-order valence-electron chi connectivity index (χ4n) is 2.64. The molecule has 1 aromatic carbocycles. The Hall–Kier alpha value is -1.03. The van der Waals surface area contributed by atoms with Crippen LogP contribution in [-0.4, -0.2) is 30.1 Å². The average molecular weight is 323 g/mol. The number of likely N-dealkylation sites (tertiary alicyclic amines) is 1. The summed E-state index contributed by atoms with van der Waals surface area (Å²) in [6, 6.07) is 9.17. The molecule has 0 unspecified atom stereocenters. The molecule has 1 N–H and O–H groups in total. The van der Waals surface area contributed by atoms with E-state index in [1.807, 2.05) is 4.90 Å². The molecule has 2 fully saturated rings. The summed E-state index contributed by atoms with van der Waals surface area (Å²) < 4.78 is 1.12. The molecule has 1 saturated heterocycles. The maximum atomic E-state index is 11.9. The SMILES string of the molecule is O=C(NC1CC1)N1CCC(c2ccc(Br)cc2)CC1. The fourth-order valence-corrected chi connectivity index (χ4v) is 2.91. The van der Waals surface area contributed by atoms with Crippen molar-refractivity contribution in [1.29, 1.82) is 0 Å². The van der Waals surface area contributed by atoms with E-state index in [1.54, 1.807) is 0 Å². The molecule has 0 bridgehead atoms. The first-order chi connectivity index (χ1) is 9.22. The van der Waals surface area contributed by atoms with E-state index in [0.717, 1.165) is 43.2 Å². The van der Waals surface area contributed by atoms with Gasteiger partial charge in [0.15, 0.2) is 0 Å². The Balaban J connectivity index is 1.53. The van der Waals surface area contributed by atoms with Gasteiger partial charge in [-0.15, -0.1) is 0 Å². The highest BCUT2D eigenvalue weighted by molar-refractivity contribution is 9.10. The van der Waals surface area contributed by atoms with Crippen LogP contribution in [0.25, 0.3) is 0 Å². The van der Waals surface area contributed by atoms with Crippen molar-refractivity contribution < 1.29 is 4.79 Å². The van der Waals surface area contributed by atoms with Gasteiger partial charge in [0.05, 0.1) is 0 Å². The Morgan fingerprint density at radius 2 is 1.74 bits per heavy atom. The van der Waals surface area contributed by atoms with E-state index in [0.29, 0.717) is 12.0 Å². The molecule has 0 atom stereocenters. The van der Waals surface area contributed by atoms with Crippen LogP contribution in [0.2, 0.25) is 0 Å². The Bertz CT molecular complexity index is 448. The summed E-state index contributed by atoms with van der Waals surface area (Å²) in [7, 11) is 0. The Morgan fingerprint density at radius 3 is 2.32 bits per heavy atom. The summed E-state index contributed by atoms with van der Waals surface area (Å²) in [5.74, 6) is 0.595. The van der Waals surface area contributed by atoms with Crippen LogP contribution in [0, 0.1) is 0 Å². The highest BCUT2D eigenvalue weighted by Crippen LogP contribution is 2.29. The zero-order valence-electron chi connectivity index (χ0n) is 10.9. The van der Waals surface area contributed by atoms with Crippen LogP contribution in [-0.2, 0) is 0 Å². The Kier molecular flexibility index (Phi) is 3.78. The van der Waals surface area contributed by atoms with Gasteiger partial charge in [-0.3, -0.25) is 0 Å². The maximum Gasteiger partial charge on any atom is 0.317 e. The lowest BCUT2D eigenvalue weighted by molar-refractivity contribution is 0.181. The molecular weight excluding hydrogens is 304 g/mol. The second-order valence-electron chi connectivity index (χ2n) is 5.54.